The van der Waals surface area contributed by atoms with E-state index in [1.165, 1.54) is 22.6 Å². The van der Waals surface area contributed by atoms with E-state index in [0.29, 0.717) is 16.5 Å². The molecule has 2 aromatic heterocycles. The molecular weight excluding hydrogens is 358 g/mol. The van der Waals surface area contributed by atoms with E-state index in [-0.39, 0.29) is 5.91 Å². The quantitative estimate of drug-likeness (QED) is 0.364. The number of rotatable bonds is 4. The van der Waals surface area contributed by atoms with Crippen LogP contribution in [0.3, 0.4) is 0 Å². The van der Waals surface area contributed by atoms with Crippen LogP contribution in [-0.4, -0.2) is 17.1 Å². The molecule has 27 heavy (non-hydrogen) atoms. The molecule has 4 rings (SSSR count). The van der Waals surface area contributed by atoms with E-state index >= 15 is 0 Å². The van der Waals surface area contributed by atoms with Crippen LogP contribution in [0.2, 0.25) is 0 Å². The Morgan fingerprint density at radius 2 is 1.89 bits per heavy atom. The summed E-state index contributed by atoms with van der Waals surface area (Å²) in [6.45, 7) is 4.01. The molecule has 0 aliphatic heterocycles. The normalized spacial score (nSPS) is 11.3. The average molecular weight is 375 g/mol. The number of carbonyl (C=O) groups is 1. The lowest BCUT2D eigenvalue weighted by molar-refractivity contribution is 0.0988. The number of hydrogen-bond acceptors (Lipinski definition) is 5. The summed E-state index contributed by atoms with van der Waals surface area (Å²) < 4.78 is 6.31. The predicted molar refractivity (Wildman–Crippen MR) is 109 cm³/mol. The second-order valence-electron chi connectivity index (χ2n) is 6.21. The molecule has 134 valence electrons. The summed E-state index contributed by atoms with van der Waals surface area (Å²) in [6.07, 6.45) is 3.08. The third-order valence-electron chi connectivity index (χ3n) is 4.05. The van der Waals surface area contributed by atoms with Gasteiger partial charge in [-0.1, -0.05) is 35.1 Å². The van der Waals surface area contributed by atoms with Gasteiger partial charge in [-0.15, -0.1) is 0 Å². The molecule has 0 unspecified atom stereocenters. The minimum Gasteiger partial charge on any atom is -0.463 e. The molecule has 0 N–H and O–H groups in total. The lowest BCUT2D eigenvalue weighted by Crippen LogP contribution is -2.25. The Balaban J connectivity index is 1.76. The summed E-state index contributed by atoms with van der Waals surface area (Å²) in [7, 11) is 0. The molecule has 1 amide bonds. The fraction of sp³-hybridized carbons (Fsp3) is 0.0952. The fourth-order valence-electron chi connectivity index (χ4n) is 2.60. The van der Waals surface area contributed by atoms with Crippen molar-refractivity contribution < 1.29 is 9.21 Å². The molecule has 0 aliphatic rings. The lowest BCUT2D eigenvalue weighted by Gasteiger charge is -2.13. The highest BCUT2D eigenvalue weighted by Gasteiger charge is 2.21. The van der Waals surface area contributed by atoms with Crippen molar-refractivity contribution in [1.29, 1.82) is 0 Å². The van der Waals surface area contributed by atoms with Gasteiger partial charge in [-0.3, -0.25) is 4.79 Å². The van der Waals surface area contributed by atoms with E-state index in [2.05, 4.69) is 16.2 Å². The highest BCUT2D eigenvalue weighted by atomic mass is 32.1. The van der Waals surface area contributed by atoms with Crippen LogP contribution in [0.1, 0.15) is 27.2 Å². The zero-order valence-electron chi connectivity index (χ0n) is 14.9. The van der Waals surface area contributed by atoms with Crippen LogP contribution >= 0.6 is 11.3 Å². The summed E-state index contributed by atoms with van der Waals surface area (Å²) in [5.41, 5.74) is 3.63. The van der Waals surface area contributed by atoms with Crippen molar-refractivity contribution in [1.82, 2.24) is 4.98 Å². The average Bonchev–Trinajstić information content (AvgIpc) is 3.31. The standard InChI is InChI=1S/C21H17N3O2S/c1-14-5-8-16(9-6-14)20(25)24(22-13-17-4-3-11-26-17)21-23-18-10-7-15(2)12-19(18)27-21/h3-13H,1-2H3/b22-13-. The van der Waals surface area contributed by atoms with Crippen LogP contribution in [0.25, 0.3) is 10.2 Å². The van der Waals surface area contributed by atoms with Crippen molar-refractivity contribution in [2.45, 2.75) is 13.8 Å². The highest BCUT2D eigenvalue weighted by molar-refractivity contribution is 7.22. The van der Waals surface area contributed by atoms with E-state index < -0.39 is 0 Å². The largest absolute Gasteiger partial charge is 0.463 e. The number of aromatic nitrogens is 1. The number of benzene rings is 2. The third kappa shape index (κ3) is 3.66. The number of anilines is 1. The molecule has 6 heteroatoms. The van der Waals surface area contributed by atoms with Gasteiger partial charge >= 0.3 is 0 Å². The molecule has 0 aliphatic carbocycles. The minimum atomic E-state index is -0.242. The van der Waals surface area contributed by atoms with E-state index in [9.17, 15) is 4.79 Å². The van der Waals surface area contributed by atoms with E-state index in [0.717, 1.165) is 21.3 Å². The Hall–Kier alpha value is -3.25. The maximum atomic E-state index is 13.1. The van der Waals surface area contributed by atoms with Gasteiger partial charge in [0, 0.05) is 5.56 Å². The van der Waals surface area contributed by atoms with Crippen LogP contribution in [0.15, 0.2) is 70.4 Å². The number of amides is 1. The summed E-state index contributed by atoms with van der Waals surface area (Å²) in [5.74, 6) is 0.322. The predicted octanol–water partition coefficient (Wildman–Crippen LogP) is 5.19. The number of aryl methyl sites for hydroxylation is 2. The second-order valence-corrected chi connectivity index (χ2v) is 7.22. The maximum absolute atomic E-state index is 13.1. The number of carbonyl (C=O) groups excluding carboxylic acids is 1. The molecule has 0 fully saturated rings. The molecule has 0 saturated carbocycles. The molecule has 0 atom stereocenters. The summed E-state index contributed by atoms with van der Waals surface area (Å²) >= 11 is 1.43. The van der Waals surface area contributed by atoms with Crippen molar-refractivity contribution >= 4 is 38.8 Å². The topological polar surface area (TPSA) is 58.7 Å². The number of furan rings is 1. The Morgan fingerprint density at radius 3 is 2.63 bits per heavy atom. The van der Waals surface area contributed by atoms with Crippen molar-refractivity contribution in [3.63, 3.8) is 0 Å². The van der Waals surface area contributed by atoms with Gasteiger partial charge in [0.15, 0.2) is 0 Å². The molecule has 5 nitrogen and oxygen atoms in total. The van der Waals surface area contributed by atoms with Crippen LogP contribution in [0.5, 0.6) is 0 Å². The lowest BCUT2D eigenvalue weighted by atomic mass is 10.1. The van der Waals surface area contributed by atoms with Gasteiger partial charge in [0.1, 0.15) is 5.76 Å². The minimum absolute atomic E-state index is 0.242. The number of hydrogen-bond donors (Lipinski definition) is 0. The first-order valence-electron chi connectivity index (χ1n) is 8.46. The first-order valence-corrected chi connectivity index (χ1v) is 9.27. The molecule has 2 aromatic carbocycles. The van der Waals surface area contributed by atoms with Gasteiger partial charge in [0.05, 0.1) is 22.7 Å². The zero-order chi connectivity index (χ0) is 18.8. The molecule has 0 saturated heterocycles. The number of thiazole rings is 1. The smallest absolute Gasteiger partial charge is 0.280 e. The molecule has 0 spiro atoms. The van der Waals surface area contributed by atoms with Crippen LogP contribution in [0.4, 0.5) is 5.13 Å². The molecular formula is C21H17N3O2S. The van der Waals surface area contributed by atoms with Gasteiger partial charge < -0.3 is 4.42 Å². The monoisotopic (exact) mass is 375 g/mol. The molecule has 4 aromatic rings. The number of hydrazone groups is 1. The summed E-state index contributed by atoms with van der Waals surface area (Å²) in [5, 5.41) is 6.21. The van der Waals surface area contributed by atoms with Gasteiger partial charge in [0.2, 0.25) is 5.13 Å². The third-order valence-corrected chi connectivity index (χ3v) is 5.04. The number of nitrogens with zero attached hydrogens (tertiary/aromatic N) is 3. The van der Waals surface area contributed by atoms with Crippen molar-refractivity contribution in [2.24, 2.45) is 5.10 Å². The maximum Gasteiger partial charge on any atom is 0.280 e. The van der Waals surface area contributed by atoms with Crippen LogP contribution in [0, 0.1) is 13.8 Å². The zero-order valence-corrected chi connectivity index (χ0v) is 15.7. The van der Waals surface area contributed by atoms with E-state index in [4.69, 9.17) is 4.42 Å². The highest BCUT2D eigenvalue weighted by Crippen LogP contribution is 2.30. The van der Waals surface area contributed by atoms with Crippen molar-refractivity contribution in [3.8, 4) is 0 Å². The van der Waals surface area contributed by atoms with Gasteiger partial charge in [0.25, 0.3) is 5.91 Å². The first-order chi connectivity index (χ1) is 13.1. The number of fused-ring (bicyclic) bond motifs is 1. The summed E-state index contributed by atoms with van der Waals surface area (Å²) in [6, 6.07) is 17.0. The Labute approximate surface area is 160 Å². The SMILES string of the molecule is Cc1ccc(C(=O)N(/N=C\c2ccco2)c2nc3ccc(C)cc3s2)cc1. The molecule has 0 radical (unpaired) electrons. The molecule has 0 bridgehead atoms. The Morgan fingerprint density at radius 1 is 1.11 bits per heavy atom. The summed E-state index contributed by atoms with van der Waals surface area (Å²) in [4.78, 5) is 17.7. The first kappa shape index (κ1) is 17.2. The van der Waals surface area contributed by atoms with Gasteiger partial charge in [-0.05, 0) is 55.8 Å². The van der Waals surface area contributed by atoms with E-state index in [1.807, 2.05) is 38.1 Å². The Bertz CT molecular complexity index is 1110. The van der Waals surface area contributed by atoms with Gasteiger partial charge in [-0.25, -0.2) is 4.98 Å². The van der Waals surface area contributed by atoms with E-state index in [1.54, 1.807) is 30.5 Å². The fourth-order valence-corrected chi connectivity index (χ4v) is 3.62. The Kier molecular flexibility index (Phi) is 4.56. The van der Waals surface area contributed by atoms with Crippen molar-refractivity contribution in [3.05, 3.63) is 83.3 Å². The van der Waals surface area contributed by atoms with Crippen molar-refractivity contribution in [2.75, 3.05) is 5.01 Å². The molecule has 2 heterocycles. The van der Waals surface area contributed by atoms with Crippen LogP contribution < -0.4 is 5.01 Å². The van der Waals surface area contributed by atoms with Crippen LogP contribution in [-0.2, 0) is 0 Å². The second kappa shape index (κ2) is 7.17. The van der Waals surface area contributed by atoms with Gasteiger partial charge in [-0.2, -0.15) is 10.1 Å².